The van der Waals surface area contributed by atoms with E-state index in [9.17, 15) is 4.39 Å². The lowest BCUT2D eigenvalue weighted by atomic mass is 10.0. The predicted molar refractivity (Wildman–Crippen MR) is 127 cm³/mol. The number of aryl methyl sites for hydroxylation is 1. The molecule has 0 atom stereocenters. The molecule has 4 rings (SSSR count). The van der Waals surface area contributed by atoms with Crippen molar-refractivity contribution in [2.24, 2.45) is 0 Å². The van der Waals surface area contributed by atoms with Gasteiger partial charge in [0.25, 0.3) is 0 Å². The molecule has 3 heterocycles. The summed E-state index contributed by atoms with van der Waals surface area (Å²) in [6.45, 7) is 5.12. The molecule has 0 bridgehead atoms. The molecule has 164 valence electrons. The van der Waals surface area contributed by atoms with Crippen LogP contribution in [0.5, 0.6) is 0 Å². The summed E-state index contributed by atoms with van der Waals surface area (Å²) in [5, 5.41) is 9.61. The molecule has 0 spiro atoms. The number of aromatic nitrogens is 2. The van der Waals surface area contributed by atoms with Crippen molar-refractivity contribution in [3.8, 4) is 11.3 Å². The van der Waals surface area contributed by atoms with Crippen molar-refractivity contribution in [3.63, 3.8) is 0 Å². The zero-order valence-corrected chi connectivity index (χ0v) is 18.4. The van der Waals surface area contributed by atoms with Crippen LogP contribution < -0.4 is 16.0 Å². The van der Waals surface area contributed by atoms with Gasteiger partial charge in [-0.2, -0.15) is 0 Å². The number of rotatable bonds is 6. The van der Waals surface area contributed by atoms with E-state index in [1.54, 1.807) is 6.07 Å². The zero-order valence-electron chi connectivity index (χ0n) is 18.4. The molecule has 5 nitrogen and oxygen atoms in total. The molecule has 1 aliphatic heterocycles. The van der Waals surface area contributed by atoms with E-state index in [1.165, 1.54) is 44.5 Å². The molecule has 2 aromatic heterocycles. The summed E-state index contributed by atoms with van der Waals surface area (Å²) in [5.74, 6) is 1.34. The van der Waals surface area contributed by atoms with Gasteiger partial charge in [0.1, 0.15) is 17.5 Å². The minimum absolute atomic E-state index is 0.232. The molecule has 1 aliphatic rings. The molecule has 6 heteroatoms. The summed E-state index contributed by atoms with van der Waals surface area (Å²) in [6, 6.07) is 14.4. The Morgan fingerprint density at radius 3 is 2.45 bits per heavy atom. The molecule has 0 amide bonds. The topological polar surface area (TPSA) is 61.9 Å². The number of hydrogen-bond donors (Lipinski definition) is 3. The highest BCUT2D eigenvalue weighted by molar-refractivity contribution is 5.68. The summed E-state index contributed by atoms with van der Waals surface area (Å²) in [6.07, 6.45) is 6.98. The molecule has 0 saturated carbocycles. The van der Waals surface area contributed by atoms with E-state index in [0.29, 0.717) is 6.54 Å². The van der Waals surface area contributed by atoms with E-state index >= 15 is 0 Å². The Balaban J connectivity index is 0.000000391. The van der Waals surface area contributed by atoms with Gasteiger partial charge in [-0.3, -0.25) is 0 Å². The second kappa shape index (κ2) is 12.0. The van der Waals surface area contributed by atoms with Crippen LogP contribution in [0.4, 0.5) is 16.0 Å². The second-order valence-corrected chi connectivity index (χ2v) is 7.53. The number of halogens is 1. The van der Waals surface area contributed by atoms with Crippen LogP contribution in [0.1, 0.15) is 37.3 Å². The first-order valence-corrected chi connectivity index (χ1v) is 11.0. The lowest BCUT2D eigenvalue weighted by Gasteiger charge is -2.11. The molecule has 0 unspecified atom stereocenters. The highest BCUT2D eigenvalue weighted by atomic mass is 19.1. The smallest absolute Gasteiger partial charge is 0.126 e. The quantitative estimate of drug-likeness (QED) is 0.507. The van der Waals surface area contributed by atoms with Crippen LogP contribution in [-0.4, -0.2) is 30.1 Å². The van der Waals surface area contributed by atoms with Crippen LogP contribution in [-0.2, 0) is 13.0 Å². The normalized spacial score (nSPS) is 13.1. The average Bonchev–Trinajstić information content (AvgIpc) is 2.84. The van der Waals surface area contributed by atoms with Gasteiger partial charge in [-0.25, -0.2) is 14.4 Å². The van der Waals surface area contributed by atoms with Gasteiger partial charge in [0.05, 0.1) is 5.69 Å². The molecular formula is C25H32FN5. The van der Waals surface area contributed by atoms with E-state index < -0.39 is 0 Å². The van der Waals surface area contributed by atoms with Gasteiger partial charge in [-0.1, -0.05) is 31.5 Å². The summed E-state index contributed by atoms with van der Waals surface area (Å²) in [7, 11) is 1.85. The van der Waals surface area contributed by atoms with Crippen molar-refractivity contribution >= 4 is 11.6 Å². The van der Waals surface area contributed by atoms with Gasteiger partial charge < -0.3 is 16.0 Å². The Morgan fingerprint density at radius 1 is 1.00 bits per heavy atom. The molecule has 31 heavy (non-hydrogen) atoms. The number of nitrogens with one attached hydrogen (secondary N) is 3. The van der Waals surface area contributed by atoms with Gasteiger partial charge in [-0.05, 0) is 73.8 Å². The number of benzene rings is 1. The molecule has 1 fully saturated rings. The fraction of sp³-hybridized carbons (Fsp3) is 0.360. The van der Waals surface area contributed by atoms with E-state index in [0.717, 1.165) is 40.4 Å². The Bertz CT molecular complexity index is 945. The third kappa shape index (κ3) is 7.03. The van der Waals surface area contributed by atoms with Crippen LogP contribution in [0.2, 0.25) is 0 Å². The first kappa shape index (κ1) is 22.7. The first-order chi connectivity index (χ1) is 15.2. The second-order valence-electron chi connectivity index (χ2n) is 7.53. The van der Waals surface area contributed by atoms with Crippen molar-refractivity contribution < 1.29 is 4.39 Å². The minimum atomic E-state index is -0.232. The summed E-state index contributed by atoms with van der Waals surface area (Å²) in [4.78, 5) is 9.07. The number of pyridine rings is 2. The van der Waals surface area contributed by atoms with Crippen molar-refractivity contribution in [1.82, 2.24) is 15.3 Å². The molecule has 1 saturated heterocycles. The Kier molecular flexibility index (Phi) is 8.79. The van der Waals surface area contributed by atoms with E-state index in [2.05, 4.69) is 27.9 Å². The van der Waals surface area contributed by atoms with Crippen molar-refractivity contribution in [3.05, 3.63) is 71.7 Å². The van der Waals surface area contributed by atoms with Crippen molar-refractivity contribution in [2.45, 2.75) is 39.2 Å². The summed E-state index contributed by atoms with van der Waals surface area (Å²) in [5.41, 5.74) is 3.98. The highest BCUT2D eigenvalue weighted by Crippen LogP contribution is 2.25. The molecular weight excluding hydrogens is 389 g/mol. The Morgan fingerprint density at radius 2 is 1.81 bits per heavy atom. The van der Waals surface area contributed by atoms with Crippen LogP contribution in [0.3, 0.4) is 0 Å². The zero-order chi connectivity index (χ0) is 21.9. The maximum Gasteiger partial charge on any atom is 0.126 e. The molecule has 0 aliphatic carbocycles. The van der Waals surface area contributed by atoms with E-state index in [1.807, 2.05) is 43.6 Å². The van der Waals surface area contributed by atoms with Crippen molar-refractivity contribution in [1.29, 1.82) is 0 Å². The summed E-state index contributed by atoms with van der Waals surface area (Å²) >= 11 is 0. The molecule has 3 N–H and O–H groups in total. The fourth-order valence-corrected chi connectivity index (χ4v) is 3.47. The average molecular weight is 422 g/mol. The van der Waals surface area contributed by atoms with Gasteiger partial charge in [-0.15, -0.1) is 0 Å². The largest absolute Gasteiger partial charge is 0.373 e. The van der Waals surface area contributed by atoms with Crippen LogP contribution in [0.15, 0.2) is 54.7 Å². The monoisotopic (exact) mass is 421 g/mol. The van der Waals surface area contributed by atoms with Crippen molar-refractivity contribution in [2.75, 3.05) is 30.8 Å². The van der Waals surface area contributed by atoms with Gasteiger partial charge >= 0.3 is 0 Å². The van der Waals surface area contributed by atoms with Crippen LogP contribution in [0.25, 0.3) is 11.3 Å². The summed E-state index contributed by atoms with van der Waals surface area (Å²) < 4.78 is 13.3. The maximum atomic E-state index is 13.3. The molecule has 1 aromatic carbocycles. The SMILES string of the molecule is C1CCNCC1.CCc1cnc(NC)cc1-c1cccc(NCc2cccc(F)c2)n1. The predicted octanol–water partition coefficient (Wildman–Crippen LogP) is 5.26. The van der Waals surface area contributed by atoms with Gasteiger partial charge in [0.15, 0.2) is 0 Å². The number of anilines is 2. The Labute approximate surface area is 184 Å². The van der Waals surface area contributed by atoms with Gasteiger partial charge in [0, 0.05) is 25.4 Å². The third-order valence-corrected chi connectivity index (χ3v) is 5.22. The van der Waals surface area contributed by atoms with Crippen LogP contribution in [0, 0.1) is 5.82 Å². The van der Waals surface area contributed by atoms with E-state index in [-0.39, 0.29) is 5.82 Å². The van der Waals surface area contributed by atoms with Crippen LogP contribution >= 0.6 is 0 Å². The van der Waals surface area contributed by atoms with Gasteiger partial charge in [0.2, 0.25) is 0 Å². The first-order valence-electron chi connectivity index (χ1n) is 11.0. The fourth-order valence-electron chi connectivity index (χ4n) is 3.47. The molecule has 0 radical (unpaired) electrons. The number of nitrogens with zero attached hydrogens (tertiary/aromatic N) is 2. The maximum absolute atomic E-state index is 13.3. The standard InChI is InChI=1S/C20H21FN4.C5H11N/c1-3-15-13-24-20(22-2)11-17(15)18-8-5-9-19(25-18)23-12-14-6-4-7-16(21)10-14;1-2-4-6-5-3-1/h4-11,13H,3,12H2,1-2H3,(H,22,24)(H,23,25);6H,1-5H2. The molecule has 3 aromatic rings. The van der Waals surface area contributed by atoms with E-state index in [4.69, 9.17) is 4.98 Å². The lowest BCUT2D eigenvalue weighted by molar-refractivity contribution is 0.520. The number of piperidine rings is 1. The Hall–Kier alpha value is -2.99. The lowest BCUT2D eigenvalue weighted by Crippen LogP contribution is -2.21. The number of hydrogen-bond acceptors (Lipinski definition) is 5. The highest BCUT2D eigenvalue weighted by Gasteiger charge is 2.08. The third-order valence-electron chi connectivity index (χ3n) is 5.22. The minimum Gasteiger partial charge on any atom is -0.373 e.